The van der Waals surface area contributed by atoms with Gasteiger partial charge in [-0.15, -0.1) is 0 Å². The van der Waals surface area contributed by atoms with Gasteiger partial charge in [-0.25, -0.2) is 0 Å². The van der Waals surface area contributed by atoms with Crippen molar-refractivity contribution in [1.29, 1.82) is 0 Å². The topological polar surface area (TPSA) is 125 Å². The molecule has 5 aromatic rings. The van der Waals surface area contributed by atoms with Gasteiger partial charge in [-0.1, -0.05) is 60.7 Å². The SMILES string of the molecule is Nc1ccc2ccccc2c1Nc1cccc(S(=O)(=O)O)c1Nc1cccc2c(O)cccc12. The van der Waals surface area contributed by atoms with E-state index in [1.807, 2.05) is 36.4 Å². The first-order valence-corrected chi connectivity index (χ1v) is 11.9. The number of rotatable bonds is 5. The molecule has 0 unspecified atom stereocenters. The number of phenols is 1. The molecule has 0 aliphatic carbocycles. The quantitative estimate of drug-likeness (QED) is 0.157. The minimum Gasteiger partial charge on any atom is -0.507 e. The van der Waals surface area contributed by atoms with Crippen molar-refractivity contribution in [3.8, 4) is 5.75 Å². The highest BCUT2D eigenvalue weighted by molar-refractivity contribution is 7.86. The van der Waals surface area contributed by atoms with Crippen molar-refractivity contribution >= 4 is 60.1 Å². The van der Waals surface area contributed by atoms with E-state index in [1.54, 1.807) is 42.5 Å². The number of nitrogens with two attached hydrogens (primary N) is 1. The number of anilines is 5. The average molecular weight is 472 g/mol. The first-order chi connectivity index (χ1) is 16.3. The Morgan fingerprint density at radius 2 is 1.29 bits per heavy atom. The maximum Gasteiger partial charge on any atom is 0.296 e. The molecular formula is C26H21N3O4S. The van der Waals surface area contributed by atoms with Crippen LogP contribution in [0.1, 0.15) is 0 Å². The molecule has 0 aliphatic heterocycles. The second-order valence-electron chi connectivity index (χ2n) is 7.83. The fraction of sp³-hybridized carbons (Fsp3) is 0. The van der Waals surface area contributed by atoms with Gasteiger partial charge in [-0.05, 0) is 35.7 Å². The van der Waals surface area contributed by atoms with Gasteiger partial charge in [0.1, 0.15) is 10.6 Å². The normalized spacial score (nSPS) is 11.6. The Labute approximate surface area is 196 Å². The van der Waals surface area contributed by atoms with E-state index in [2.05, 4.69) is 10.6 Å². The monoisotopic (exact) mass is 471 g/mol. The molecule has 0 radical (unpaired) electrons. The van der Waals surface area contributed by atoms with E-state index in [0.29, 0.717) is 33.5 Å². The van der Waals surface area contributed by atoms with Crippen molar-refractivity contribution in [2.75, 3.05) is 16.4 Å². The molecule has 0 aromatic heterocycles. The van der Waals surface area contributed by atoms with E-state index in [4.69, 9.17) is 5.73 Å². The van der Waals surface area contributed by atoms with Gasteiger partial charge >= 0.3 is 0 Å². The van der Waals surface area contributed by atoms with Crippen LogP contribution >= 0.6 is 0 Å². The number of nitrogens with one attached hydrogen (secondary N) is 2. The van der Waals surface area contributed by atoms with Crippen molar-refractivity contribution in [3.63, 3.8) is 0 Å². The number of aromatic hydroxyl groups is 1. The summed E-state index contributed by atoms with van der Waals surface area (Å²) < 4.78 is 34.5. The zero-order valence-electron chi connectivity index (χ0n) is 17.9. The number of hydrogen-bond acceptors (Lipinski definition) is 6. The van der Waals surface area contributed by atoms with Crippen LogP contribution in [0.4, 0.5) is 28.4 Å². The molecule has 5 aromatic carbocycles. The van der Waals surface area contributed by atoms with Gasteiger partial charge < -0.3 is 21.5 Å². The summed E-state index contributed by atoms with van der Waals surface area (Å²) in [5, 5.41) is 19.8. The molecule has 0 atom stereocenters. The second-order valence-corrected chi connectivity index (χ2v) is 9.22. The maximum absolute atomic E-state index is 12.3. The van der Waals surface area contributed by atoms with E-state index in [9.17, 15) is 18.1 Å². The molecule has 0 amide bonds. The molecule has 6 N–H and O–H groups in total. The third-order valence-electron chi connectivity index (χ3n) is 5.68. The zero-order valence-corrected chi connectivity index (χ0v) is 18.7. The summed E-state index contributed by atoms with van der Waals surface area (Å²) in [6, 6.07) is 26.3. The van der Waals surface area contributed by atoms with Crippen LogP contribution in [-0.2, 0) is 10.1 Å². The highest BCUT2D eigenvalue weighted by Crippen LogP contribution is 2.40. The summed E-state index contributed by atoms with van der Waals surface area (Å²) in [5.41, 5.74) is 8.47. The molecule has 0 saturated carbocycles. The van der Waals surface area contributed by atoms with Crippen LogP contribution in [-0.4, -0.2) is 18.1 Å². The standard InChI is InChI=1S/C26H21N3O4S/c27-20-15-14-16-6-1-2-7-17(16)25(20)29-22-11-5-13-24(34(31,32)33)26(22)28-21-10-3-9-19-18(21)8-4-12-23(19)30/h1-15,28-30H,27H2,(H,31,32,33). The van der Waals surface area contributed by atoms with Crippen LogP contribution in [0.3, 0.4) is 0 Å². The lowest BCUT2D eigenvalue weighted by atomic mass is 10.1. The minimum atomic E-state index is -4.57. The lowest BCUT2D eigenvalue weighted by Gasteiger charge is -2.19. The van der Waals surface area contributed by atoms with E-state index in [-0.39, 0.29) is 16.3 Å². The highest BCUT2D eigenvalue weighted by Gasteiger charge is 2.20. The zero-order chi connectivity index (χ0) is 23.9. The third-order valence-corrected chi connectivity index (χ3v) is 6.58. The van der Waals surface area contributed by atoms with Gasteiger partial charge in [0.25, 0.3) is 10.1 Å². The van der Waals surface area contributed by atoms with E-state index in [0.717, 1.165) is 10.8 Å². The Kier molecular flexibility index (Phi) is 5.24. The molecule has 0 fully saturated rings. The minimum absolute atomic E-state index is 0.103. The van der Waals surface area contributed by atoms with Crippen molar-refractivity contribution < 1.29 is 18.1 Å². The largest absolute Gasteiger partial charge is 0.507 e. The molecule has 7 nitrogen and oxygen atoms in total. The Hall–Kier alpha value is -4.27. The van der Waals surface area contributed by atoms with Gasteiger partial charge in [0.05, 0.1) is 22.7 Å². The maximum atomic E-state index is 12.3. The predicted molar refractivity (Wildman–Crippen MR) is 137 cm³/mol. The number of para-hydroxylation sites is 1. The summed E-state index contributed by atoms with van der Waals surface area (Å²) in [4.78, 5) is -0.298. The highest BCUT2D eigenvalue weighted by atomic mass is 32.2. The lowest BCUT2D eigenvalue weighted by molar-refractivity contribution is 0.481. The van der Waals surface area contributed by atoms with E-state index >= 15 is 0 Å². The Morgan fingerprint density at radius 3 is 2.12 bits per heavy atom. The van der Waals surface area contributed by atoms with Crippen molar-refractivity contribution in [2.45, 2.75) is 4.90 Å². The molecule has 0 heterocycles. The van der Waals surface area contributed by atoms with Crippen LogP contribution < -0.4 is 16.4 Å². The second kappa shape index (κ2) is 8.26. The summed E-state index contributed by atoms with van der Waals surface area (Å²) in [7, 11) is -4.57. The van der Waals surface area contributed by atoms with Crippen molar-refractivity contribution in [1.82, 2.24) is 0 Å². The summed E-state index contributed by atoms with van der Waals surface area (Å²) in [6.45, 7) is 0. The smallest absolute Gasteiger partial charge is 0.296 e. The Balaban J connectivity index is 1.70. The summed E-state index contributed by atoms with van der Waals surface area (Å²) in [6.07, 6.45) is 0. The molecular weight excluding hydrogens is 450 g/mol. The molecule has 0 bridgehead atoms. The van der Waals surface area contributed by atoms with E-state index in [1.165, 1.54) is 12.1 Å². The molecule has 0 aliphatic rings. The van der Waals surface area contributed by atoms with Gasteiger partial charge in [-0.2, -0.15) is 8.42 Å². The fourth-order valence-electron chi connectivity index (χ4n) is 4.08. The molecule has 0 saturated heterocycles. The average Bonchev–Trinajstić information content (AvgIpc) is 2.82. The van der Waals surface area contributed by atoms with Crippen LogP contribution in [0.5, 0.6) is 5.75 Å². The molecule has 0 spiro atoms. The van der Waals surface area contributed by atoms with Crippen LogP contribution in [0.2, 0.25) is 0 Å². The Morgan fingerprint density at radius 1 is 0.647 bits per heavy atom. The van der Waals surface area contributed by atoms with Gasteiger partial charge in [0.2, 0.25) is 0 Å². The first kappa shape index (κ1) is 21.6. The third kappa shape index (κ3) is 3.85. The molecule has 5 rings (SSSR count). The van der Waals surface area contributed by atoms with Gasteiger partial charge in [0, 0.05) is 21.8 Å². The molecule has 8 heteroatoms. The fourth-order valence-corrected chi connectivity index (χ4v) is 4.75. The van der Waals surface area contributed by atoms with Crippen LogP contribution in [0.25, 0.3) is 21.5 Å². The lowest BCUT2D eigenvalue weighted by Crippen LogP contribution is -2.07. The van der Waals surface area contributed by atoms with Crippen molar-refractivity contribution in [3.05, 3.63) is 91.0 Å². The van der Waals surface area contributed by atoms with Crippen LogP contribution in [0.15, 0.2) is 95.9 Å². The van der Waals surface area contributed by atoms with Crippen molar-refractivity contribution in [2.24, 2.45) is 0 Å². The van der Waals surface area contributed by atoms with Crippen LogP contribution in [0, 0.1) is 0 Å². The van der Waals surface area contributed by atoms with E-state index < -0.39 is 10.1 Å². The summed E-state index contributed by atoms with van der Waals surface area (Å²) >= 11 is 0. The Bertz CT molecular complexity index is 1670. The molecule has 170 valence electrons. The first-order valence-electron chi connectivity index (χ1n) is 10.5. The number of phenolic OH excluding ortho intramolecular Hbond substituents is 1. The summed E-state index contributed by atoms with van der Waals surface area (Å²) in [5.74, 6) is 0.103. The predicted octanol–water partition coefficient (Wildman–Crippen LogP) is 6.01. The number of hydrogen-bond donors (Lipinski definition) is 5. The van der Waals surface area contributed by atoms with Gasteiger partial charge in [-0.3, -0.25) is 4.55 Å². The number of benzene rings is 5. The number of nitrogen functional groups attached to an aromatic ring is 1. The molecule has 34 heavy (non-hydrogen) atoms. The number of fused-ring (bicyclic) bond motifs is 2. The van der Waals surface area contributed by atoms with Gasteiger partial charge in [0.15, 0.2) is 0 Å².